The summed E-state index contributed by atoms with van der Waals surface area (Å²) in [5, 5.41) is 3.30. The molecule has 2 aromatic rings. The van der Waals surface area contributed by atoms with Gasteiger partial charge in [0.25, 0.3) is 10.1 Å². The van der Waals surface area contributed by atoms with Crippen molar-refractivity contribution in [1.82, 2.24) is 10.3 Å². The Balaban J connectivity index is 0.000000282. The van der Waals surface area contributed by atoms with Gasteiger partial charge in [0.2, 0.25) is 0 Å². The second-order valence-corrected chi connectivity index (χ2v) is 6.10. The van der Waals surface area contributed by atoms with Crippen LogP contribution in [0, 0.1) is 0 Å². The van der Waals surface area contributed by atoms with E-state index in [1.54, 1.807) is 0 Å². The maximum absolute atomic E-state index is 11.2. The minimum Gasteiger partial charge on any atom is -0.406 e. The number of para-hydroxylation sites is 1. The fraction of sp³-hybridized carbons (Fsp3) is 0.417. The molecule has 0 aliphatic carbocycles. The summed E-state index contributed by atoms with van der Waals surface area (Å²) >= 11 is 0. The van der Waals surface area contributed by atoms with Gasteiger partial charge in [-0.3, -0.25) is 9.54 Å². The molecule has 0 bridgehead atoms. The zero-order valence-electron chi connectivity index (χ0n) is 11.5. The Kier molecular flexibility index (Phi) is 4.66. The Morgan fingerprint density at radius 2 is 1.90 bits per heavy atom. The SMILES string of the molecule is CS(=O)(=O)O.O=c1[nH]c2cccc(N3CCNCC3)c2o1. The molecule has 1 aliphatic rings. The van der Waals surface area contributed by atoms with Crippen molar-refractivity contribution in [3.05, 3.63) is 28.7 Å². The van der Waals surface area contributed by atoms with E-state index in [2.05, 4.69) is 15.2 Å². The summed E-state index contributed by atoms with van der Waals surface area (Å²) in [5.41, 5.74) is 2.42. The Morgan fingerprint density at radius 1 is 1.29 bits per heavy atom. The molecule has 0 amide bonds. The average Bonchev–Trinajstić information content (AvgIpc) is 2.77. The lowest BCUT2D eigenvalue weighted by Gasteiger charge is -2.29. The van der Waals surface area contributed by atoms with Crippen LogP contribution in [-0.2, 0) is 10.1 Å². The van der Waals surface area contributed by atoms with Crippen LogP contribution in [0.1, 0.15) is 0 Å². The van der Waals surface area contributed by atoms with Crippen LogP contribution >= 0.6 is 0 Å². The van der Waals surface area contributed by atoms with Gasteiger partial charge < -0.3 is 14.6 Å². The van der Waals surface area contributed by atoms with E-state index in [-0.39, 0.29) is 0 Å². The van der Waals surface area contributed by atoms with E-state index < -0.39 is 15.9 Å². The highest BCUT2D eigenvalue weighted by Gasteiger charge is 2.15. The van der Waals surface area contributed by atoms with Crippen molar-refractivity contribution in [2.24, 2.45) is 0 Å². The molecule has 1 saturated heterocycles. The third-order valence-corrected chi connectivity index (χ3v) is 2.88. The molecule has 0 spiro atoms. The highest BCUT2D eigenvalue weighted by molar-refractivity contribution is 7.85. The number of piperazine rings is 1. The topological polar surface area (TPSA) is 116 Å². The molecule has 0 saturated carbocycles. The van der Waals surface area contributed by atoms with Crippen molar-refractivity contribution in [3.8, 4) is 0 Å². The van der Waals surface area contributed by atoms with Crippen LogP contribution in [0.5, 0.6) is 0 Å². The van der Waals surface area contributed by atoms with E-state index in [9.17, 15) is 13.2 Å². The average molecular weight is 315 g/mol. The smallest absolute Gasteiger partial charge is 0.406 e. The minimum absolute atomic E-state index is 0.391. The number of oxazole rings is 1. The van der Waals surface area contributed by atoms with Crippen LogP contribution in [0.15, 0.2) is 27.4 Å². The zero-order valence-corrected chi connectivity index (χ0v) is 12.3. The van der Waals surface area contributed by atoms with Gasteiger partial charge in [-0.1, -0.05) is 6.07 Å². The van der Waals surface area contributed by atoms with Crippen LogP contribution < -0.4 is 16.0 Å². The summed E-state index contributed by atoms with van der Waals surface area (Å²) in [4.78, 5) is 16.1. The van der Waals surface area contributed by atoms with Crippen molar-refractivity contribution in [2.45, 2.75) is 0 Å². The van der Waals surface area contributed by atoms with Gasteiger partial charge in [0.1, 0.15) is 0 Å². The molecule has 1 aliphatic heterocycles. The maximum Gasteiger partial charge on any atom is 0.417 e. The number of rotatable bonds is 1. The molecule has 2 heterocycles. The third-order valence-electron chi connectivity index (χ3n) is 2.88. The standard InChI is InChI=1S/C11H13N3O2.CH4O3S/c15-11-13-8-2-1-3-9(10(8)16-11)14-6-4-12-5-7-14;1-5(2,3)4/h1-3,12H,4-7H2,(H,13,15);1H3,(H,2,3,4). The Hall–Kier alpha value is -1.84. The summed E-state index contributed by atoms with van der Waals surface area (Å²) in [6, 6.07) is 5.78. The third kappa shape index (κ3) is 4.59. The van der Waals surface area contributed by atoms with Gasteiger partial charge in [0.05, 0.1) is 17.5 Å². The Labute approximate surface area is 121 Å². The molecular weight excluding hydrogens is 298 g/mol. The number of aromatic nitrogens is 1. The van der Waals surface area contributed by atoms with Crippen LogP contribution in [0.2, 0.25) is 0 Å². The maximum atomic E-state index is 11.2. The van der Waals surface area contributed by atoms with Gasteiger partial charge in [-0.25, -0.2) is 4.79 Å². The van der Waals surface area contributed by atoms with Crippen molar-refractivity contribution < 1.29 is 17.4 Å². The number of nitrogens with zero attached hydrogens (tertiary/aromatic N) is 1. The highest BCUT2D eigenvalue weighted by Crippen LogP contribution is 2.24. The second-order valence-electron chi connectivity index (χ2n) is 4.64. The lowest BCUT2D eigenvalue weighted by atomic mass is 10.2. The predicted octanol–water partition coefficient (Wildman–Crippen LogP) is 0.0347. The van der Waals surface area contributed by atoms with Crippen molar-refractivity contribution in [1.29, 1.82) is 0 Å². The van der Waals surface area contributed by atoms with Crippen LogP contribution in [0.3, 0.4) is 0 Å². The van der Waals surface area contributed by atoms with Gasteiger partial charge in [-0.05, 0) is 12.1 Å². The number of hydrogen-bond donors (Lipinski definition) is 3. The first-order valence-electron chi connectivity index (χ1n) is 6.34. The molecule has 116 valence electrons. The molecule has 9 heteroatoms. The van der Waals surface area contributed by atoms with Gasteiger partial charge in [0.15, 0.2) is 5.58 Å². The van der Waals surface area contributed by atoms with E-state index in [0.29, 0.717) is 11.8 Å². The molecule has 1 aromatic carbocycles. The fourth-order valence-electron chi connectivity index (χ4n) is 2.11. The van der Waals surface area contributed by atoms with Crippen molar-refractivity contribution in [3.63, 3.8) is 0 Å². The fourth-order valence-corrected chi connectivity index (χ4v) is 2.11. The van der Waals surface area contributed by atoms with Crippen molar-refractivity contribution >= 4 is 26.9 Å². The van der Waals surface area contributed by atoms with E-state index >= 15 is 0 Å². The monoisotopic (exact) mass is 315 g/mol. The number of anilines is 1. The zero-order chi connectivity index (χ0) is 15.5. The minimum atomic E-state index is -3.67. The normalized spacial score (nSPS) is 15.6. The van der Waals surface area contributed by atoms with E-state index in [4.69, 9.17) is 8.97 Å². The van der Waals surface area contributed by atoms with Gasteiger partial charge >= 0.3 is 5.76 Å². The number of H-pyrrole nitrogens is 1. The second kappa shape index (κ2) is 6.29. The first-order valence-corrected chi connectivity index (χ1v) is 8.19. The van der Waals surface area contributed by atoms with Crippen LogP contribution in [0.25, 0.3) is 11.1 Å². The molecule has 0 radical (unpaired) electrons. The van der Waals surface area contributed by atoms with E-state index in [0.717, 1.165) is 37.4 Å². The van der Waals surface area contributed by atoms with Crippen LogP contribution in [-0.4, -0.2) is 50.4 Å². The summed E-state index contributed by atoms with van der Waals surface area (Å²) in [5.74, 6) is -0.391. The van der Waals surface area contributed by atoms with Crippen molar-refractivity contribution in [2.75, 3.05) is 37.3 Å². The Bertz CT molecular complexity index is 751. The summed E-state index contributed by atoms with van der Waals surface area (Å²) in [6.07, 6.45) is 0.715. The lowest BCUT2D eigenvalue weighted by Crippen LogP contribution is -2.43. The molecule has 1 fully saturated rings. The number of fused-ring (bicyclic) bond motifs is 1. The predicted molar refractivity (Wildman–Crippen MR) is 79.4 cm³/mol. The lowest BCUT2D eigenvalue weighted by molar-refractivity contribution is 0.490. The summed E-state index contributed by atoms with van der Waals surface area (Å²) in [7, 11) is -3.67. The summed E-state index contributed by atoms with van der Waals surface area (Å²) < 4.78 is 31.0. The van der Waals surface area contributed by atoms with Gasteiger partial charge in [-0.15, -0.1) is 0 Å². The molecule has 8 nitrogen and oxygen atoms in total. The quantitative estimate of drug-likeness (QED) is 0.636. The number of benzene rings is 1. The number of aromatic amines is 1. The molecule has 1 aromatic heterocycles. The molecule has 21 heavy (non-hydrogen) atoms. The van der Waals surface area contributed by atoms with Crippen LogP contribution in [0.4, 0.5) is 5.69 Å². The molecular formula is C12H17N3O5S. The first kappa shape index (κ1) is 15.5. The number of hydrogen-bond acceptors (Lipinski definition) is 6. The summed E-state index contributed by atoms with van der Waals surface area (Å²) in [6.45, 7) is 3.80. The molecule has 0 atom stereocenters. The van der Waals surface area contributed by atoms with Gasteiger partial charge in [-0.2, -0.15) is 8.42 Å². The molecule has 3 N–H and O–H groups in total. The van der Waals surface area contributed by atoms with Gasteiger partial charge in [0, 0.05) is 26.2 Å². The number of nitrogens with one attached hydrogen (secondary N) is 2. The largest absolute Gasteiger partial charge is 0.417 e. The van der Waals surface area contributed by atoms with E-state index in [1.807, 2.05) is 18.2 Å². The molecule has 3 rings (SSSR count). The first-order chi connectivity index (χ1) is 9.84. The molecule has 0 unspecified atom stereocenters. The Morgan fingerprint density at radius 3 is 2.52 bits per heavy atom. The highest BCUT2D eigenvalue weighted by atomic mass is 32.2. The van der Waals surface area contributed by atoms with E-state index in [1.165, 1.54) is 0 Å².